The van der Waals surface area contributed by atoms with E-state index in [2.05, 4.69) is 30.7 Å². The van der Waals surface area contributed by atoms with Crippen LogP contribution in [0.4, 0.5) is 11.4 Å². The third kappa shape index (κ3) is 6.78. The number of hydrogen-bond donors (Lipinski definition) is 2. The molecule has 4 aliphatic rings. The Labute approximate surface area is 281 Å². The van der Waals surface area contributed by atoms with E-state index in [4.69, 9.17) is 18.9 Å². The van der Waals surface area contributed by atoms with Gasteiger partial charge in [0.2, 0.25) is 0 Å². The number of nitrogens with zero attached hydrogens (tertiary/aromatic N) is 3. The molecule has 2 N–H and O–H groups in total. The van der Waals surface area contributed by atoms with Crippen LogP contribution in [0, 0.1) is 5.41 Å². The summed E-state index contributed by atoms with van der Waals surface area (Å²) in [5.41, 5.74) is 3.18. The highest BCUT2D eigenvalue weighted by molar-refractivity contribution is 7.64. The van der Waals surface area contributed by atoms with Crippen molar-refractivity contribution >= 4 is 36.5 Å². The smallest absolute Gasteiger partial charge is 0.256 e. The summed E-state index contributed by atoms with van der Waals surface area (Å²) >= 11 is 0. The number of carbonyl (C=O) groups excluding carboxylic acids is 2. The minimum atomic E-state index is -2.92. The topological polar surface area (TPSA) is 139 Å². The lowest BCUT2D eigenvalue weighted by atomic mass is 9.91. The highest BCUT2D eigenvalue weighted by Crippen LogP contribution is 2.46. The summed E-state index contributed by atoms with van der Waals surface area (Å²) in [5, 5.41) is 13.1. The minimum Gasteiger partial charge on any atom is -0.493 e. The number of fused-ring (bicyclic) bond motifs is 4. The summed E-state index contributed by atoms with van der Waals surface area (Å²) in [6.45, 7) is 10.1. The molecule has 4 aliphatic heterocycles. The number of ether oxygens (including phenoxy) is 4. The predicted octanol–water partition coefficient (Wildman–Crippen LogP) is 4.67. The van der Waals surface area contributed by atoms with E-state index in [1.54, 1.807) is 24.3 Å². The van der Waals surface area contributed by atoms with E-state index in [-0.39, 0.29) is 67.6 Å². The van der Waals surface area contributed by atoms with Crippen molar-refractivity contribution in [3.63, 3.8) is 0 Å². The zero-order valence-electron chi connectivity index (χ0n) is 28.1. The van der Waals surface area contributed by atoms with Crippen LogP contribution in [-0.2, 0) is 4.57 Å². The third-order valence-corrected chi connectivity index (χ3v) is 12.6. The fourth-order valence-electron chi connectivity index (χ4n) is 7.09. The van der Waals surface area contributed by atoms with Crippen LogP contribution in [0.25, 0.3) is 0 Å². The van der Waals surface area contributed by atoms with Gasteiger partial charge in [-0.1, -0.05) is 26.0 Å². The Morgan fingerprint density at radius 3 is 2.27 bits per heavy atom. The van der Waals surface area contributed by atoms with Crippen molar-refractivity contribution in [3.8, 4) is 23.0 Å². The van der Waals surface area contributed by atoms with Crippen molar-refractivity contribution in [2.24, 2.45) is 10.4 Å². The second-order valence-corrected chi connectivity index (χ2v) is 17.2. The van der Waals surface area contributed by atoms with E-state index in [1.807, 2.05) is 16.0 Å². The quantitative estimate of drug-likeness (QED) is 0.242. The van der Waals surface area contributed by atoms with Crippen molar-refractivity contribution in [1.82, 2.24) is 9.80 Å². The first-order valence-electron chi connectivity index (χ1n) is 16.4. The molecule has 2 fully saturated rings. The molecule has 0 radical (unpaired) electrons. The molecule has 3 atom stereocenters. The molecule has 13 heteroatoms. The van der Waals surface area contributed by atoms with Crippen LogP contribution >= 0.6 is 7.14 Å². The lowest BCUT2D eigenvalue weighted by Gasteiger charge is -2.22. The van der Waals surface area contributed by atoms with Crippen LogP contribution in [0.15, 0.2) is 41.4 Å². The average molecular weight is 681 g/mol. The Morgan fingerprint density at radius 2 is 1.60 bits per heavy atom. The van der Waals surface area contributed by atoms with Crippen LogP contribution in [0.5, 0.6) is 23.0 Å². The molecule has 0 aliphatic carbocycles. The van der Waals surface area contributed by atoms with E-state index in [1.165, 1.54) is 14.2 Å². The number of aliphatic imine (C=N–C) groups is 1. The van der Waals surface area contributed by atoms with Gasteiger partial charge in [-0.3, -0.25) is 14.6 Å². The van der Waals surface area contributed by atoms with Crippen molar-refractivity contribution in [1.29, 1.82) is 0 Å². The molecule has 6 rings (SSSR count). The molecule has 2 aromatic carbocycles. The van der Waals surface area contributed by atoms with Crippen molar-refractivity contribution in [2.75, 3.05) is 77.5 Å². The molecule has 2 amide bonds. The Morgan fingerprint density at radius 1 is 0.958 bits per heavy atom. The number of amides is 2. The Kier molecular flexibility index (Phi) is 9.51. The number of aliphatic hydroxyl groups excluding tert-OH is 1. The van der Waals surface area contributed by atoms with Crippen LogP contribution in [0.2, 0.25) is 0 Å². The molecule has 0 aromatic heterocycles. The lowest BCUT2D eigenvalue weighted by Crippen LogP contribution is -2.36. The molecule has 258 valence electrons. The van der Waals surface area contributed by atoms with Crippen molar-refractivity contribution in [3.05, 3.63) is 47.5 Å². The van der Waals surface area contributed by atoms with Gasteiger partial charge in [0.15, 0.2) is 23.0 Å². The zero-order chi connectivity index (χ0) is 34.2. The number of aliphatic hydroxyl groups is 1. The molecule has 4 heterocycles. The van der Waals surface area contributed by atoms with Crippen LogP contribution in [-0.4, -0.2) is 117 Å². The van der Waals surface area contributed by atoms with E-state index < -0.39 is 7.14 Å². The number of carbonyl (C=O) groups is 2. The summed E-state index contributed by atoms with van der Waals surface area (Å²) in [5.74, 6) is 1.46. The summed E-state index contributed by atoms with van der Waals surface area (Å²) in [7, 11) is 0.104. The Hall–Kier alpha value is -4.02. The Bertz CT molecular complexity index is 1690. The maximum absolute atomic E-state index is 13.9. The fourth-order valence-corrected chi connectivity index (χ4v) is 8.98. The van der Waals surface area contributed by atoms with Gasteiger partial charge in [0.1, 0.15) is 0 Å². The standard InChI is InChI=1S/C35H45N4O8P/c1-22-12-23-18-36-27-15-31(29(44-4)13-25(27)33(41)38(23)20-22)46-7-10-48(43,9-6-40)11-8-47-32-16-28-26(14-30(32)45-5)34(42)39-21-35(2,3)17-24(39)19-37-28/h13-16,19,23-24,36,40H,1,6-12,17-18,20-21H2,2-5H3/t23-,24-,48?/m0/s1. The second kappa shape index (κ2) is 13.5. The van der Waals surface area contributed by atoms with Gasteiger partial charge in [0.25, 0.3) is 11.8 Å². The molecule has 12 nitrogen and oxygen atoms in total. The number of hydrogen-bond acceptors (Lipinski definition) is 10. The molecule has 0 saturated carbocycles. The van der Waals surface area contributed by atoms with Crippen LogP contribution in [0.3, 0.4) is 0 Å². The minimum absolute atomic E-state index is 0.0164. The molecule has 48 heavy (non-hydrogen) atoms. The van der Waals surface area contributed by atoms with E-state index in [9.17, 15) is 19.3 Å². The number of benzene rings is 2. The van der Waals surface area contributed by atoms with Gasteiger partial charge < -0.3 is 43.7 Å². The molecule has 2 saturated heterocycles. The first kappa shape index (κ1) is 33.9. The summed E-state index contributed by atoms with van der Waals surface area (Å²) < 4.78 is 37.2. The zero-order valence-corrected chi connectivity index (χ0v) is 29.0. The normalized spacial score (nSPS) is 22.1. The predicted molar refractivity (Wildman–Crippen MR) is 185 cm³/mol. The first-order valence-corrected chi connectivity index (χ1v) is 18.6. The van der Waals surface area contributed by atoms with Crippen molar-refractivity contribution < 1.29 is 38.2 Å². The molecule has 0 spiro atoms. The first-order chi connectivity index (χ1) is 22.9. The van der Waals surface area contributed by atoms with Gasteiger partial charge >= 0.3 is 0 Å². The number of rotatable bonds is 12. The summed E-state index contributed by atoms with van der Waals surface area (Å²) in [4.78, 5) is 35.1. The maximum atomic E-state index is 13.9. The Balaban J connectivity index is 1.10. The molecule has 2 aromatic rings. The van der Waals surface area contributed by atoms with Gasteiger partial charge in [0.05, 0.1) is 69.2 Å². The molecule has 1 unspecified atom stereocenters. The van der Waals surface area contributed by atoms with Gasteiger partial charge in [-0.05, 0) is 30.4 Å². The third-order valence-electron chi connectivity index (χ3n) is 9.62. The second-order valence-electron chi connectivity index (χ2n) is 13.8. The molecular weight excluding hydrogens is 635 g/mol. The van der Waals surface area contributed by atoms with Gasteiger partial charge in [0, 0.05) is 63.1 Å². The SMILES string of the molecule is C=C1C[C@H]2CNc3cc(OCCP(=O)(CCO)CCOc4cc5c(cc4OC)C(=O)N4CC(C)(C)C[C@H]4C=N5)c(OC)cc3C(=O)N2C1. The lowest BCUT2D eigenvalue weighted by molar-refractivity contribution is 0.0748. The molecular formula is C35H45N4O8P. The number of methoxy groups -OCH3 is 2. The van der Waals surface area contributed by atoms with Gasteiger partial charge in [-0.25, -0.2) is 0 Å². The van der Waals surface area contributed by atoms with Gasteiger partial charge in [-0.2, -0.15) is 0 Å². The van der Waals surface area contributed by atoms with Crippen LogP contribution in [0.1, 0.15) is 47.4 Å². The number of nitrogens with one attached hydrogen (secondary N) is 1. The van der Waals surface area contributed by atoms with E-state index >= 15 is 0 Å². The average Bonchev–Trinajstić information content (AvgIpc) is 3.52. The summed E-state index contributed by atoms with van der Waals surface area (Å²) in [6, 6.07) is 6.78. The molecule has 0 bridgehead atoms. The largest absolute Gasteiger partial charge is 0.493 e. The monoisotopic (exact) mass is 680 g/mol. The maximum Gasteiger partial charge on any atom is 0.256 e. The highest BCUT2D eigenvalue weighted by atomic mass is 31.2. The van der Waals surface area contributed by atoms with Crippen LogP contribution < -0.4 is 24.3 Å². The number of anilines is 1. The van der Waals surface area contributed by atoms with E-state index in [0.717, 1.165) is 18.4 Å². The fraction of sp³-hybridized carbons (Fsp3) is 0.514. The van der Waals surface area contributed by atoms with Gasteiger partial charge in [-0.15, -0.1) is 0 Å². The van der Waals surface area contributed by atoms with Crippen molar-refractivity contribution in [2.45, 2.75) is 38.8 Å². The highest BCUT2D eigenvalue weighted by Gasteiger charge is 2.41. The summed E-state index contributed by atoms with van der Waals surface area (Å²) in [6.07, 6.45) is 3.96. The van der Waals surface area contributed by atoms with E-state index in [0.29, 0.717) is 65.1 Å².